The lowest BCUT2D eigenvalue weighted by molar-refractivity contribution is 0.206. The summed E-state index contributed by atoms with van der Waals surface area (Å²) in [5.74, 6) is 0.977. The second-order valence-corrected chi connectivity index (χ2v) is 5.47. The minimum Gasteiger partial charge on any atom is -0.356 e. The topological polar surface area (TPSA) is 39.7 Å². The third-order valence-electron chi connectivity index (χ3n) is 3.76. The van der Waals surface area contributed by atoms with Crippen LogP contribution >= 0.6 is 24.0 Å². The summed E-state index contributed by atoms with van der Waals surface area (Å²) >= 11 is 0. The predicted octanol–water partition coefficient (Wildman–Crippen LogP) is 2.83. The number of hydrogen-bond acceptors (Lipinski definition) is 2. The highest BCUT2D eigenvalue weighted by Crippen LogP contribution is 2.10. The van der Waals surface area contributed by atoms with Crippen molar-refractivity contribution >= 4 is 29.9 Å². The van der Waals surface area contributed by atoms with Crippen LogP contribution in [0.3, 0.4) is 0 Å². The number of hydrogen-bond donors (Lipinski definition) is 2. The van der Waals surface area contributed by atoms with Gasteiger partial charge in [0, 0.05) is 32.7 Å². The van der Waals surface area contributed by atoms with E-state index in [-0.39, 0.29) is 24.0 Å². The van der Waals surface area contributed by atoms with Gasteiger partial charge in [-0.2, -0.15) is 0 Å². The van der Waals surface area contributed by atoms with Crippen molar-refractivity contribution in [1.82, 2.24) is 15.5 Å². The van der Waals surface area contributed by atoms with Gasteiger partial charge in [-0.1, -0.05) is 26.7 Å². The molecule has 0 radical (unpaired) electrons. The fourth-order valence-electron chi connectivity index (χ4n) is 2.59. The monoisotopic (exact) mass is 396 g/mol. The van der Waals surface area contributed by atoms with Crippen molar-refractivity contribution in [3.63, 3.8) is 0 Å². The van der Waals surface area contributed by atoms with Gasteiger partial charge in [0.25, 0.3) is 0 Å². The number of rotatable bonds is 7. The number of aliphatic imine (C=N–C) groups is 1. The van der Waals surface area contributed by atoms with Crippen molar-refractivity contribution < 1.29 is 0 Å². The second-order valence-electron chi connectivity index (χ2n) is 5.47. The molecule has 0 saturated carbocycles. The first-order valence-corrected chi connectivity index (χ1v) is 7.99. The molecule has 1 aliphatic heterocycles. The van der Waals surface area contributed by atoms with Crippen molar-refractivity contribution in [2.75, 3.05) is 33.2 Å². The van der Waals surface area contributed by atoms with Gasteiger partial charge in [-0.05, 0) is 32.2 Å². The zero-order valence-corrected chi connectivity index (χ0v) is 15.8. The number of guanidine groups is 1. The van der Waals surface area contributed by atoms with Crippen LogP contribution in [0.5, 0.6) is 0 Å². The van der Waals surface area contributed by atoms with E-state index in [0.29, 0.717) is 6.04 Å². The standard InChI is InChI=1S/C15H32N4.HI/c1-4-6-7-10-17-15(16-3)18-14-8-12-19(11-5-2)13-9-14;/h14H,4-13H2,1-3H3,(H2,16,17,18);1H. The number of nitrogens with one attached hydrogen (secondary N) is 2. The smallest absolute Gasteiger partial charge is 0.191 e. The lowest BCUT2D eigenvalue weighted by Crippen LogP contribution is -2.48. The summed E-state index contributed by atoms with van der Waals surface area (Å²) in [4.78, 5) is 6.88. The lowest BCUT2D eigenvalue weighted by atomic mass is 10.1. The first kappa shape index (κ1) is 20.0. The molecule has 20 heavy (non-hydrogen) atoms. The van der Waals surface area contributed by atoms with E-state index in [9.17, 15) is 0 Å². The van der Waals surface area contributed by atoms with Crippen LogP contribution in [0.4, 0.5) is 0 Å². The Morgan fingerprint density at radius 1 is 1.15 bits per heavy atom. The SMILES string of the molecule is CCCCCNC(=NC)NC1CCN(CCC)CC1.I. The summed E-state index contributed by atoms with van der Waals surface area (Å²) in [6.07, 6.45) is 7.51. The normalized spacial score (nSPS) is 17.6. The Hall–Kier alpha value is -0.0400. The van der Waals surface area contributed by atoms with Crippen molar-refractivity contribution in [3.8, 4) is 0 Å². The molecule has 0 amide bonds. The van der Waals surface area contributed by atoms with Gasteiger partial charge in [0.2, 0.25) is 0 Å². The minimum absolute atomic E-state index is 0. The maximum atomic E-state index is 4.32. The second kappa shape index (κ2) is 12.7. The Kier molecular flexibility index (Phi) is 12.7. The first-order valence-electron chi connectivity index (χ1n) is 7.99. The number of unbranched alkanes of at least 4 members (excludes halogenated alkanes) is 2. The summed E-state index contributed by atoms with van der Waals surface area (Å²) in [5.41, 5.74) is 0. The minimum atomic E-state index is 0. The highest BCUT2D eigenvalue weighted by Gasteiger charge is 2.18. The molecule has 0 aliphatic carbocycles. The number of nitrogens with zero attached hydrogens (tertiary/aromatic N) is 2. The van der Waals surface area contributed by atoms with Gasteiger partial charge in [0.15, 0.2) is 5.96 Å². The molecule has 0 bridgehead atoms. The highest BCUT2D eigenvalue weighted by molar-refractivity contribution is 14.0. The third kappa shape index (κ3) is 8.29. The summed E-state index contributed by atoms with van der Waals surface area (Å²) in [7, 11) is 1.86. The summed E-state index contributed by atoms with van der Waals surface area (Å²) in [5, 5.41) is 6.97. The Labute approximate surface area is 142 Å². The molecule has 1 rings (SSSR count). The van der Waals surface area contributed by atoms with E-state index in [1.165, 1.54) is 58.2 Å². The molecule has 1 aliphatic rings. The van der Waals surface area contributed by atoms with Crippen LogP contribution in [0, 0.1) is 0 Å². The van der Waals surface area contributed by atoms with Crippen LogP contribution in [-0.2, 0) is 0 Å². The number of halogens is 1. The molecule has 0 atom stereocenters. The van der Waals surface area contributed by atoms with Crippen LogP contribution in [-0.4, -0.2) is 50.1 Å². The number of piperidine rings is 1. The van der Waals surface area contributed by atoms with Crippen LogP contribution in [0.25, 0.3) is 0 Å². The largest absolute Gasteiger partial charge is 0.356 e. The molecule has 1 heterocycles. The van der Waals surface area contributed by atoms with Crippen molar-refractivity contribution in [2.24, 2.45) is 4.99 Å². The van der Waals surface area contributed by atoms with Crippen molar-refractivity contribution in [3.05, 3.63) is 0 Å². The van der Waals surface area contributed by atoms with Crippen LogP contribution in [0.1, 0.15) is 52.4 Å². The van der Waals surface area contributed by atoms with Gasteiger partial charge in [-0.25, -0.2) is 0 Å². The molecule has 0 aromatic rings. The van der Waals surface area contributed by atoms with E-state index < -0.39 is 0 Å². The van der Waals surface area contributed by atoms with Crippen molar-refractivity contribution in [2.45, 2.75) is 58.4 Å². The molecule has 0 spiro atoms. The first-order chi connectivity index (χ1) is 9.30. The highest BCUT2D eigenvalue weighted by atomic mass is 127. The zero-order chi connectivity index (χ0) is 13.9. The Morgan fingerprint density at radius 2 is 1.85 bits per heavy atom. The average Bonchev–Trinajstić information content (AvgIpc) is 2.44. The molecular weight excluding hydrogens is 363 g/mol. The van der Waals surface area contributed by atoms with E-state index in [2.05, 4.69) is 34.4 Å². The zero-order valence-electron chi connectivity index (χ0n) is 13.5. The molecule has 0 unspecified atom stereocenters. The predicted molar refractivity (Wildman–Crippen MR) is 99.2 cm³/mol. The molecule has 0 aromatic carbocycles. The Bertz CT molecular complexity index is 250. The van der Waals surface area contributed by atoms with Crippen LogP contribution < -0.4 is 10.6 Å². The Morgan fingerprint density at radius 3 is 2.40 bits per heavy atom. The van der Waals surface area contributed by atoms with Gasteiger partial charge in [0.05, 0.1) is 0 Å². The average molecular weight is 396 g/mol. The molecule has 1 saturated heterocycles. The summed E-state index contributed by atoms with van der Waals surface area (Å²) in [6, 6.07) is 0.588. The van der Waals surface area contributed by atoms with E-state index in [1.807, 2.05) is 7.05 Å². The maximum Gasteiger partial charge on any atom is 0.191 e. The number of likely N-dealkylation sites (tertiary alicyclic amines) is 1. The molecule has 4 nitrogen and oxygen atoms in total. The Balaban J connectivity index is 0.00000361. The van der Waals surface area contributed by atoms with Crippen molar-refractivity contribution in [1.29, 1.82) is 0 Å². The summed E-state index contributed by atoms with van der Waals surface area (Å²) in [6.45, 7) is 9.21. The van der Waals surface area contributed by atoms with E-state index in [4.69, 9.17) is 0 Å². The van der Waals surface area contributed by atoms with Gasteiger partial charge in [0.1, 0.15) is 0 Å². The molecule has 120 valence electrons. The molecule has 2 N–H and O–H groups in total. The van der Waals surface area contributed by atoms with Gasteiger partial charge >= 0.3 is 0 Å². The van der Waals surface area contributed by atoms with E-state index >= 15 is 0 Å². The molecule has 1 fully saturated rings. The van der Waals surface area contributed by atoms with E-state index in [0.717, 1.165) is 12.5 Å². The fourth-order valence-corrected chi connectivity index (χ4v) is 2.59. The summed E-state index contributed by atoms with van der Waals surface area (Å²) < 4.78 is 0. The van der Waals surface area contributed by atoms with Crippen LogP contribution in [0.15, 0.2) is 4.99 Å². The van der Waals surface area contributed by atoms with Gasteiger partial charge in [-0.15, -0.1) is 24.0 Å². The third-order valence-corrected chi connectivity index (χ3v) is 3.76. The van der Waals surface area contributed by atoms with Gasteiger partial charge in [-0.3, -0.25) is 4.99 Å². The molecule has 5 heteroatoms. The fraction of sp³-hybridized carbons (Fsp3) is 0.933. The van der Waals surface area contributed by atoms with Gasteiger partial charge < -0.3 is 15.5 Å². The lowest BCUT2D eigenvalue weighted by Gasteiger charge is -2.32. The van der Waals surface area contributed by atoms with E-state index in [1.54, 1.807) is 0 Å². The van der Waals surface area contributed by atoms with Crippen LogP contribution in [0.2, 0.25) is 0 Å². The quantitative estimate of drug-likeness (QED) is 0.301. The molecule has 0 aromatic heterocycles. The maximum absolute atomic E-state index is 4.32. The molecular formula is C15H33IN4.